The maximum absolute atomic E-state index is 13.6. The molecule has 6 heteroatoms. The van der Waals surface area contributed by atoms with Crippen LogP contribution in [0.3, 0.4) is 0 Å². The highest BCUT2D eigenvalue weighted by Gasteiger charge is 2.32. The Balaban J connectivity index is 2.23. The number of nitrogens with zero attached hydrogens (tertiary/aromatic N) is 1. The third-order valence-corrected chi connectivity index (χ3v) is 7.44. The highest BCUT2D eigenvalue weighted by molar-refractivity contribution is 7.88. The summed E-state index contributed by atoms with van der Waals surface area (Å²) in [4.78, 5) is 4.15. The van der Waals surface area contributed by atoms with Gasteiger partial charge in [0.25, 0.3) is 0 Å². The quantitative estimate of drug-likeness (QED) is 0.694. The van der Waals surface area contributed by atoms with Crippen molar-refractivity contribution in [2.24, 2.45) is 0 Å². The fraction of sp³-hybridized carbons (Fsp3) is 0. The molecule has 0 bridgehead atoms. The van der Waals surface area contributed by atoms with Gasteiger partial charge in [0.1, 0.15) is 11.6 Å². The minimum Gasteiger partial charge on any atom is -0.306 e. The Labute approximate surface area is 124 Å². The lowest BCUT2D eigenvalue weighted by Gasteiger charge is -2.16. The zero-order chi connectivity index (χ0) is 14.9. The Hall–Kier alpha value is -1.84. The van der Waals surface area contributed by atoms with E-state index in [1.807, 2.05) is 0 Å². The summed E-state index contributed by atoms with van der Waals surface area (Å²) >= 11 is 1.27. The van der Waals surface area contributed by atoms with Crippen LogP contribution >= 0.6 is 18.5 Å². The third-order valence-electron chi connectivity index (χ3n) is 3.07. The van der Waals surface area contributed by atoms with E-state index in [9.17, 15) is 13.3 Å². The van der Waals surface area contributed by atoms with E-state index in [4.69, 9.17) is 0 Å². The van der Waals surface area contributed by atoms with E-state index < -0.39 is 18.8 Å². The van der Waals surface area contributed by atoms with Crippen LogP contribution < -0.4 is 15.4 Å². The summed E-state index contributed by atoms with van der Waals surface area (Å²) in [6, 6.07) is 11.0. The predicted molar refractivity (Wildman–Crippen MR) is 81.4 cm³/mol. The first kappa shape index (κ1) is 14.1. The summed E-state index contributed by atoms with van der Waals surface area (Å²) in [5.41, 5.74) is 0. The topological polar surface area (TPSA) is 30.0 Å². The van der Waals surface area contributed by atoms with Crippen molar-refractivity contribution in [1.29, 1.82) is 0 Å². The zero-order valence-corrected chi connectivity index (χ0v) is 12.5. The highest BCUT2D eigenvalue weighted by atomic mass is 32.1. The summed E-state index contributed by atoms with van der Waals surface area (Å²) in [5.74, 6) is -0.799. The van der Waals surface area contributed by atoms with E-state index in [-0.39, 0.29) is 0 Å². The number of halogens is 2. The van der Waals surface area contributed by atoms with Gasteiger partial charge >= 0.3 is 0 Å². The second-order valence-electron chi connectivity index (χ2n) is 4.38. The van der Waals surface area contributed by atoms with Crippen LogP contribution in [-0.4, -0.2) is 4.98 Å². The van der Waals surface area contributed by atoms with Gasteiger partial charge < -0.3 is 4.57 Å². The van der Waals surface area contributed by atoms with Gasteiger partial charge in [-0.15, -0.1) is 11.3 Å². The van der Waals surface area contributed by atoms with Gasteiger partial charge in [0, 0.05) is 22.2 Å². The molecule has 1 heterocycles. The van der Waals surface area contributed by atoms with Crippen LogP contribution in [0.15, 0.2) is 60.1 Å². The van der Waals surface area contributed by atoms with Crippen molar-refractivity contribution >= 4 is 33.8 Å². The number of rotatable bonds is 3. The Bertz CT molecular complexity index is 736. The van der Waals surface area contributed by atoms with Gasteiger partial charge in [-0.05, 0) is 48.5 Å². The molecular formula is C15H10F2NOPS. The lowest BCUT2D eigenvalue weighted by atomic mass is 10.3. The van der Waals surface area contributed by atoms with Gasteiger partial charge in [-0.25, -0.2) is 13.8 Å². The summed E-state index contributed by atoms with van der Waals surface area (Å²) < 4.78 is 40.3. The van der Waals surface area contributed by atoms with Crippen molar-refractivity contribution in [3.8, 4) is 0 Å². The molecule has 21 heavy (non-hydrogen) atoms. The number of hydrogen-bond acceptors (Lipinski definition) is 3. The van der Waals surface area contributed by atoms with E-state index in [2.05, 4.69) is 4.98 Å². The monoisotopic (exact) mass is 321 g/mol. The Kier molecular flexibility index (Phi) is 3.70. The fourth-order valence-corrected chi connectivity index (χ4v) is 5.92. The van der Waals surface area contributed by atoms with Crippen LogP contribution in [0.1, 0.15) is 0 Å². The maximum atomic E-state index is 13.6. The Morgan fingerprint density at radius 1 is 0.857 bits per heavy atom. The standard InChI is InChI=1S/C15H10F2NOPS/c16-11-1-5-13(6-2-11)20(19,15-18-9-10-21-15)14-7-3-12(17)4-8-14/h1-10H. The molecule has 0 amide bonds. The molecule has 0 aliphatic rings. The summed E-state index contributed by atoms with van der Waals surface area (Å²) in [6.45, 7) is 0. The van der Waals surface area contributed by atoms with E-state index in [0.717, 1.165) is 0 Å². The number of hydrogen-bond donors (Lipinski definition) is 0. The van der Waals surface area contributed by atoms with Crippen LogP contribution in [0.2, 0.25) is 0 Å². The molecule has 0 N–H and O–H groups in total. The molecular weight excluding hydrogens is 311 g/mol. The minimum absolute atomic E-state index is 0.399. The lowest BCUT2D eigenvalue weighted by molar-refractivity contribution is 0.592. The summed E-state index contributed by atoms with van der Waals surface area (Å²) in [7, 11) is -3.19. The largest absolute Gasteiger partial charge is 0.306 e. The average molecular weight is 321 g/mol. The van der Waals surface area contributed by atoms with Gasteiger partial charge in [0.2, 0.25) is 0 Å². The number of thiazole rings is 1. The number of aromatic nitrogens is 1. The van der Waals surface area contributed by atoms with Crippen LogP contribution in [0, 0.1) is 11.6 Å². The normalized spacial score (nSPS) is 11.5. The van der Waals surface area contributed by atoms with Gasteiger partial charge in [0.05, 0.1) is 0 Å². The first-order valence-electron chi connectivity index (χ1n) is 6.13. The second kappa shape index (κ2) is 5.51. The molecule has 0 aliphatic heterocycles. The molecule has 3 aromatic rings. The van der Waals surface area contributed by atoms with E-state index >= 15 is 0 Å². The highest BCUT2D eigenvalue weighted by Crippen LogP contribution is 2.42. The van der Waals surface area contributed by atoms with Crippen molar-refractivity contribution in [1.82, 2.24) is 4.98 Å². The maximum Gasteiger partial charge on any atom is 0.198 e. The van der Waals surface area contributed by atoms with Crippen molar-refractivity contribution < 1.29 is 13.3 Å². The summed E-state index contributed by atoms with van der Waals surface area (Å²) in [6.07, 6.45) is 1.57. The molecule has 0 unspecified atom stereocenters. The molecule has 0 saturated heterocycles. The van der Waals surface area contributed by atoms with Gasteiger partial charge in [-0.1, -0.05) is 0 Å². The van der Waals surface area contributed by atoms with Gasteiger partial charge in [-0.3, -0.25) is 0 Å². The lowest BCUT2D eigenvalue weighted by Crippen LogP contribution is -2.24. The molecule has 3 rings (SSSR count). The van der Waals surface area contributed by atoms with Crippen LogP contribution in [-0.2, 0) is 4.57 Å². The van der Waals surface area contributed by atoms with Crippen LogP contribution in [0.5, 0.6) is 0 Å². The second-order valence-corrected chi connectivity index (χ2v) is 8.25. The van der Waals surface area contributed by atoms with Crippen LogP contribution in [0.25, 0.3) is 0 Å². The molecule has 0 spiro atoms. The molecule has 2 nitrogen and oxygen atoms in total. The molecule has 0 atom stereocenters. The molecule has 1 aromatic heterocycles. The third kappa shape index (κ3) is 2.55. The van der Waals surface area contributed by atoms with Crippen molar-refractivity contribution in [3.63, 3.8) is 0 Å². The Morgan fingerprint density at radius 2 is 1.33 bits per heavy atom. The Morgan fingerprint density at radius 3 is 1.71 bits per heavy atom. The van der Waals surface area contributed by atoms with E-state index in [1.54, 1.807) is 11.6 Å². The molecule has 2 aromatic carbocycles. The first-order valence-corrected chi connectivity index (χ1v) is 8.72. The molecule has 0 saturated carbocycles. The number of benzene rings is 2. The van der Waals surface area contributed by atoms with Crippen LogP contribution in [0.4, 0.5) is 8.78 Å². The summed E-state index contributed by atoms with van der Waals surface area (Å²) in [5, 5.41) is 2.69. The minimum atomic E-state index is -3.19. The molecule has 0 radical (unpaired) electrons. The van der Waals surface area contributed by atoms with Gasteiger partial charge in [-0.2, -0.15) is 0 Å². The molecule has 0 fully saturated rings. The van der Waals surface area contributed by atoms with E-state index in [1.165, 1.54) is 59.9 Å². The molecule has 106 valence electrons. The van der Waals surface area contributed by atoms with Gasteiger partial charge in [0.15, 0.2) is 11.9 Å². The molecule has 0 aliphatic carbocycles. The van der Waals surface area contributed by atoms with Crippen molar-refractivity contribution in [2.75, 3.05) is 0 Å². The zero-order valence-electron chi connectivity index (χ0n) is 10.7. The fourth-order valence-electron chi connectivity index (χ4n) is 2.04. The predicted octanol–water partition coefficient (Wildman–Crippen LogP) is 3.06. The van der Waals surface area contributed by atoms with E-state index in [0.29, 0.717) is 15.4 Å². The first-order chi connectivity index (χ1) is 10.1. The van der Waals surface area contributed by atoms with Crippen molar-refractivity contribution in [3.05, 3.63) is 71.7 Å². The van der Waals surface area contributed by atoms with Crippen molar-refractivity contribution in [2.45, 2.75) is 0 Å². The smallest absolute Gasteiger partial charge is 0.198 e. The SMILES string of the molecule is O=P(c1ccc(F)cc1)(c1ccc(F)cc1)c1nccs1. The average Bonchev–Trinajstić information content (AvgIpc) is 3.02.